The molecule has 0 atom stereocenters. The van der Waals surface area contributed by atoms with Gasteiger partial charge in [0.15, 0.2) is 0 Å². The molecule has 1 N–H and O–H groups in total. The zero-order valence-corrected chi connectivity index (χ0v) is 11.4. The number of hydrogen-bond acceptors (Lipinski definition) is 5. The zero-order valence-electron chi connectivity index (χ0n) is 11.4. The monoisotopic (exact) mass is 264 g/mol. The number of unbranched alkanes of at least 4 members (excludes halogenated alkanes) is 2. The molecular formula is C12H24O6. The van der Waals surface area contributed by atoms with Gasteiger partial charge in [0.05, 0.1) is 19.8 Å². The quantitative estimate of drug-likeness (QED) is 0.560. The lowest BCUT2D eigenvalue weighted by atomic mass is 10.4. The minimum atomic E-state index is -1.21. The first-order valence-corrected chi connectivity index (χ1v) is 6.23. The maximum Gasteiger partial charge on any atom is 0.508 e. The minimum absolute atomic E-state index is 0.231. The van der Waals surface area contributed by atoms with E-state index in [0.717, 1.165) is 25.7 Å². The van der Waals surface area contributed by atoms with Crippen LogP contribution in [0.3, 0.4) is 0 Å². The summed E-state index contributed by atoms with van der Waals surface area (Å²) in [6, 6.07) is 0. The van der Waals surface area contributed by atoms with E-state index in [1.54, 1.807) is 6.92 Å². The number of carbonyl (C=O) groups is 2. The Balaban J connectivity index is 0. The van der Waals surface area contributed by atoms with Crippen LogP contribution in [0.25, 0.3) is 0 Å². The molecule has 0 aliphatic rings. The Bertz CT molecular complexity index is 193. The summed E-state index contributed by atoms with van der Waals surface area (Å²) in [5, 5.41) is 7.69. The van der Waals surface area contributed by atoms with Gasteiger partial charge in [-0.3, -0.25) is 0 Å². The summed E-state index contributed by atoms with van der Waals surface area (Å²) >= 11 is 0. The summed E-state index contributed by atoms with van der Waals surface area (Å²) in [6.07, 6.45) is 2.13. The third-order valence-corrected chi connectivity index (χ3v) is 1.70. The Morgan fingerprint density at radius 3 is 1.56 bits per heavy atom. The summed E-state index contributed by atoms with van der Waals surface area (Å²) < 4.78 is 13.5. The van der Waals surface area contributed by atoms with E-state index in [4.69, 9.17) is 14.6 Å². The van der Waals surface area contributed by atoms with Gasteiger partial charge in [-0.25, -0.2) is 9.59 Å². The predicted octanol–water partition coefficient (Wildman–Crippen LogP) is 3.44. The molecule has 0 saturated heterocycles. The highest BCUT2D eigenvalue weighted by molar-refractivity contribution is 5.59. The van der Waals surface area contributed by atoms with E-state index in [1.165, 1.54) is 0 Å². The van der Waals surface area contributed by atoms with Crippen LogP contribution in [-0.2, 0) is 14.2 Å². The first kappa shape index (κ1) is 18.9. The Labute approximate surface area is 108 Å². The van der Waals surface area contributed by atoms with Crippen LogP contribution in [0.15, 0.2) is 0 Å². The van der Waals surface area contributed by atoms with Crippen LogP contribution in [0.1, 0.15) is 46.5 Å². The molecule has 0 bridgehead atoms. The number of carboxylic acid groups (broad SMARTS) is 1. The summed E-state index contributed by atoms with van der Waals surface area (Å²) in [7, 11) is 0. The molecule has 0 aliphatic carbocycles. The van der Waals surface area contributed by atoms with Gasteiger partial charge in [0, 0.05) is 0 Å². The number of ether oxygens (including phenoxy) is 3. The van der Waals surface area contributed by atoms with Crippen molar-refractivity contribution in [3.63, 3.8) is 0 Å². The van der Waals surface area contributed by atoms with E-state index < -0.39 is 12.3 Å². The van der Waals surface area contributed by atoms with E-state index >= 15 is 0 Å². The second-order valence-electron chi connectivity index (χ2n) is 3.35. The van der Waals surface area contributed by atoms with Crippen molar-refractivity contribution in [2.75, 3.05) is 19.8 Å². The van der Waals surface area contributed by atoms with Crippen LogP contribution < -0.4 is 0 Å². The molecule has 0 spiro atoms. The molecule has 0 radical (unpaired) electrons. The van der Waals surface area contributed by atoms with Crippen molar-refractivity contribution < 1.29 is 28.9 Å². The van der Waals surface area contributed by atoms with E-state index in [-0.39, 0.29) is 6.61 Å². The minimum Gasteiger partial charge on any atom is -0.450 e. The van der Waals surface area contributed by atoms with Crippen LogP contribution in [-0.4, -0.2) is 37.2 Å². The van der Waals surface area contributed by atoms with Crippen molar-refractivity contribution in [2.24, 2.45) is 0 Å². The van der Waals surface area contributed by atoms with Crippen molar-refractivity contribution in [3.05, 3.63) is 0 Å². The highest BCUT2D eigenvalue weighted by Crippen LogP contribution is 1.93. The molecule has 0 aromatic carbocycles. The van der Waals surface area contributed by atoms with Gasteiger partial charge < -0.3 is 19.3 Å². The lowest BCUT2D eigenvalue weighted by molar-refractivity contribution is 0.0536. The summed E-state index contributed by atoms with van der Waals surface area (Å²) in [4.78, 5) is 20.1. The Morgan fingerprint density at radius 2 is 1.33 bits per heavy atom. The molecule has 108 valence electrons. The summed E-state index contributed by atoms with van der Waals surface area (Å²) in [5.74, 6) is 0. The molecule has 6 heteroatoms. The van der Waals surface area contributed by atoms with Gasteiger partial charge in [0.25, 0.3) is 0 Å². The van der Waals surface area contributed by atoms with Crippen LogP contribution in [0, 0.1) is 0 Å². The molecule has 0 aromatic heterocycles. The van der Waals surface area contributed by atoms with Crippen LogP contribution >= 0.6 is 0 Å². The summed E-state index contributed by atoms with van der Waals surface area (Å²) in [5.41, 5.74) is 0. The lowest BCUT2D eigenvalue weighted by Gasteiger charge is -2.04. The Hall–Kier alpha value is -1.46. The molecule has 0 aromatic rings. The Morgan fingerprint density at radius 1 is 0.889 bits per heavy atom. The third-order valence-electron chi connectivity index (χ3n) is 1.70. The fraction of sp³-hybridized carbons (Fsp3) is 0.833. The molecular weight excluding hydrogens is 240 g/mol. The first-order valence-electron chi connectivity index (χ1n) is 6.23. The highest BCUT2D eigenvalue weighted by atomic mass is 16.7. The maximum atomic E-state index is 10.7. The fourth-order valence-corrected chi connectivity index (χ4v) is 0.765. The van der Waals surface area contributed by atoms with E-state index in [0.29, 0.717) is 13.2 Å². The standard InChI is InChI=1S/C9H18O3.C3H6O3/c1-3-5-7-11-9(10)12-8-6-4-2;1-2-6-3(4)5/h3-8H2,1-2H3;2H2,1H3,(H,4,5). The van der Waals surface area contributed by atoms with Crippen LogP contribution in [0.4, 0.5) is 9.59 Å². The third kappa shape index (κ3) is 20.0. The van der Waals surface area contributed by atoms with Gasteiger partial charge in [-0.15, -0.1) is 0 Å². The average Bonchev–Trinajstić information content (AvgIpc) is 2.30. The number of carbonyl (C=O) groups excluding carboxylic acids is 1. The smallest absolute Gasteiger partial charge is 0.450 e. The molecule has 6 nitrogen and oxygen atoms in total. The van der Waals surface area contributed by atoms with Gasteiger partial charge in [-0.1, -0.05) is 26.7 Å². The molecule has 0 rings (SSSR count). The molecule has 0 amide bonds. The van der Waals surface area contributed by atoms with Crippen molar-refractivity contribution in [1.82, 2.24) is 0 Å². The number of hydrogen-bond donors (Lipinski definition) is 1. The fourth-order valence-electron chi connectivity index (χ4n) is 0.765. The zero-order chi connectivity index (χ0) is 14.2. The number of rotatable bonds is 7. The van der Waals surface area contributed by atoms with Crippen molar-refractivity contribution in [3.8, 4) is 0 Å². The average molecular weight is 264 g/mol. The van der Waals surface area contributed by atoms with E-state index in [9.17, 15) is 9.59 Å². The molecule has 0 unspecified atom stereocenters. The SMILES string of the molecule is CCCCOC(=O)OCCCC.CCOC(=O)O. The largest absolute Gasteiger partial charge is 0.508 e. The molecule has 0 aliphatic heterocycles. The second-order valence-corrected chi connectivity index (χ2v) is 3.35. The lowest BCUT2D eigenvalue weighted by Crippen LogP contribution is -2.09. The molecule has 0 saturated carbocycles. The predicted molar refractivity (Wildman–Crippen MR) is 66.8 cm³/mol. The molecule has 0 heterocycles. The van der Waals surface area contributed by atoms with E-state index in [2.05, 4.69) is 4.74 Å². The topological polar surface area (TPSA) is 82.1 Å². The van der Waals surface area contributed by atoms with Crippen molar-refractivity contribution in [2.45, 2.75) is 46.5 Å². The normalized spacial score (nSPS) is 8.83. The summed E-state index contributed by atoms with van der Waals surface area (Å²) in [6.45, 7) is 6.89. The van der Waals surface area contributed by atoms with Gasteiger partial charge in [0.1, 0.15) is 0 Å². The van der Waals surface area contributed by atoms with Gasteiger partial charge in [-0.2, -0.15) is 0 Å². The molecule has 0 fully saturated rings. The second kappa shape index (κ2) is 15.5. The van der Waals surface area contributed by atoms with Crippen molar-refractivity contribution >= 4 is 12.3 Å². The molecule has 18 heavy (non-hydrogen) atoms. The first-order chi connectivity index (χ1) is 8.58. The maximum absolute atomic E-state index is 10.7. The van der Waals surface area contributed by atoms with Crippen molar-refractivity contribution in [1.29, 1.82) is 0 Å². The van der Waals surface area contributed by atoms with E-state index in [1.807, 2.05) is 13.8 Å². The highest BCUT2D eigenvalue weighted by Gasteiger charge is 2.00. The van der Waals surface area contributed by atoms with Gasteiger partial charge in [0.2, 0.25) is 0 Å². The van der Waals surface area contributed by atoms with Gasteiger partial charge in [-0.05, 0) is 19.8 Å². The van der Waals surface area contributed by atoms with Crippen LogP contribution in [0.5, 0.6) is 0 Å². The van der Waals surface area contributed by atoms with Gasteiger partial charge >= 0.3 is 12.3 Å². The van der Waals surface area contributed by atoms with Crippen LogP contribution in [0.2, 0.25) is 0 Å². The Kier molecular flexibility index (Phi) is 16.3.